The minimum Gasteiger partial charge on any atom is -0.381 e. The van der Waals surface area contributed by atoms with Gasteiger partial charge >= 0.3 is 0 Å². The van der Waals surface area contributed by atoms with Crippen molar-refractivity contribution in [3.63, 3.8) is 0 Å². The number of rotatable bonds is 8. The van der Waals surface area contributed by atoms with Crippen molar-refractivity contribution in [1.29, 1.82) is 0 Å². The van der Waals surface area contributed by atoms with E-state index in [2.05, 4.69) is 34.7 Å². The number of guanidine groups is 1. The second kappa shape index (κ2) is 12.9. The van der Waals surface area contributed by atoms with Crippen molar-refractivity contribution in [2.45, 2.75) is 32.7 Å². The van der Waals surface area contributed by atoms with E-state index < -0.39 is 0 Å². The number of hydrogen-bond acceptors (Lipinski definition) is 4. The molecule has 1 aliphatic rings. The summed E-state index contributed by atoms with van der Waals surface area (Å²) < 4.78 is 11.1. The minimum absolute atomic E-state index is 0. The SMILES string of the molecule is CN=C(NCCCOCC1CCOCC1)NCc1ccc(C)s1.I. The third kappa shape index (κ3) is 8.64. The van der Waals surface area contributed by atoms with Gasteiger partial charge in [-0.05, 0) is 44.2 Å². The molecule has 0 atom stereocenters. The number of halogens is 1. The molecule has 1 fully saturated rings. The van der Waals surface area contributed by atoms with E-state index in [1.807, 2.05) is 11.3 Å². The minimum atomic E-state index is 0. The summed E-state index contributed by atoms with van der Waals surface area (Å²) >= 11 is 1.81. The van der Waals surface area contributed by atoms with E-state index >= 15 is 0 Å². The van der Waals surface area contributed by atoms with Gasteiger partial charge in [0.25, 0.3) is 0 Å². The van der Waals surface area contributed by atoms with Crippen molar-refractivity contribution in [2.75, 3.05) is 40.0 Å². The predicted molar refractivity (Wildman–Crippen MR) is 112 cm³/mol. The van der Waals surface area contributed by atoms with Crippen LogP contribution in [0.4, 0.5) is 0 Å². The van der Waals surface area contributed by atoms with Gasteiger partial charge in [0.15, 0.2) is 5.96 Å². The maximum absolute atomic E-state index is 5.77. The molecule has 0 amide bonds. The maximum Gasteiger partial charge on any atom is 0.191 e. The number of nitrogens with zero attached hydrogens (tertiary/aromatic N) is 1. The number of hydrogen-bond donors (Lipinski definition) is 2. The zero-order chi connectivity index (χ0) is 16.3. The first kappa shape index (κ1) is 21.7. The Bertz CT molecular complexity index is 476. The van der Waals surface area contributed by atoms with Crippen molar-refractivity contribution in [1.82, 2.24) is 10.6 Å². The first-order valence-electron chi connectivity index (χ1n) is 8.43. The van der Waals surface area contributed by atoms with Gasteiger partial charge < -0.3 is 20.1 Å². The molecule has 0 aliphatic carbocycles. The van der Waals surface area contributed by atoms with Gasteiger partial charge in [0.05, 0.1) is 6.54 Å². The average Bonchev–Trinajstić information content (AvgIpc) is 3.00. The fourth-order valence-electron chi connectivity index (χ4n) is 2.52. The first-order valence-corrected chi connectivity index (χ1v) is 9.25. The summed E-state index contributed by atoms with van der Waals surface area (Å²) in [6.07, 6.45) is 3.26. The van der Waals surface area contributed by atoms with Gasteiger partial charge in [0.1, 0.15) is 0 Å². The van der Waals surface area contributed by atoms with Crippen LogP contribution in [0.15, 0.2) is 17.1 Å². The van der Waals surface area contributed by atoms with Crippen LogP contribution in [0.25, 0.3) is 0 Å². The largest absolute Gasteiger partial charge is 0.381 e. The quantitative estimate of drug-likeness (QED) is 0.267. The summed E-state index contributed by atoms with van der Waals surface area (Å²) in [5, 5.41) is 6.66. The van der Waals surface area contributed by atoms with Crippen LogP contribution in [-0.4, -0.2) is 46.0 Å². The maximum atomic E-state index is 5.77. The predicted octanol–water partition coefficient (Wildman–Crippen LogP) is 3.17. The fraction of sp³-hybridized carbons (Fsp3) is 0.706. The summed E-state index contributed by atoms with van der Waals surface area (Å²) in [4.78, 5) is 6.91. The van der Waals surface area contributed by atoms with Crippen LogP contribution in [0, 0.1) is 12.8 Å². The molecule has 1 saturated heterocycles. The molecule has 0 aromatic carbocycles. The van der Waals surface area contributed by atoms with Crippen molar-refractivity contribution in [3.8, 4) is 0 Å². The molecule has 138 valence electrons. The van der Waals surface area contributed by atoms with Crippen molar-refractivity contribution >= 4 is 41.3 Å². The fourth-order valence-corrected chi connectivity index (χ4v) is 3.35. The van der Waals surface area contributed by atoms with Crippen LogP contribution in [0.2, 0.25) is 0 Å². The number of aliphatic imine (C=N–C) groups is 1. The van der Waals surface area contributed by atoms with E-state index in [1.54, 1.807) is 7.05 Å². The number of nitrogens with one attached hydrogen (secondary N) is 2. The van der Waals surface area contributed by atoms with Crippen LogP contribution in [0.1, 0.15) is 29.0 Å². The number of ether oxygens (including phenoxy) is 2. The topological polar surface area (TPSA) is 54.9 Å². The Morgan fingerprint density at radius 2 is 2.12 bits per heavy atom. The smallest absolute Gasteiger partial charge is 0.191 e. The molecule has 1 aromatic heterocycles. The lowest BCUT2D eigenvalue weighted by Crippen LogP contribution is -2.37. The number of aryl methyl sites for hydroxylation is 1. The monoisotopic (exact) mass is 467 g/mol. The van der Waals surface area contributed by atoms with E-state index in [0.29, 0.717) is 5.92 Å². The Labute approximate surface area is 166 Å². The van der Waals surface area contributed by atoms with Gasteiger partial charge in [-0.15, -0.1) is 35.3 Å². The van der Waals surface area contributed by atoms with E-state index in [4.69, 9.17) is 9.47 Å². The van der Waals surface area contributed by atoms with E-state index in [0.717, 1.165) is 64.7 Å². The lowest BCUT2D eigenvalue weighted by Gasteiger charge is -2.21. The molecule has 2 rings (SSSR count). The summed E-state index contributed by atoms with van der Waals surface area (Å²) in [6.45, 7) is 7.26. The third-order valence-electron chi connectivity index (χ3n) is 3.90. The molecule has 2 N–H and O–H groups in total. The molecule has 24 heavy (non-hydrogen) atoms. The van der Waals surface area contributed by atoms with Gasteiger partial charge in [-0.1, -0.05) is 0 Å². The molecule has 1 aromatic rings. The van der Waals surface area contributed by atoms with Gasteiger partial charge in [-0.3, -0.25) is 4.99 Å². The van der Waals surface area contributed by atoms with Gasteiger partial charge in [0, 0.05) is 49.8 Å². The first-order chi connectivity index (χ1) is 11.3. The highest BCUT2D eigenvalue weighted by atomic mass is 127. The van der Waals surface area contributed by atoms with Crippen LogP contribution in [0.5, 0.6) is 0 Å². The molecule has 5 nitrogen and oxygen atoms in total. The Morgan fingerprint density at radius 3 is 2.79 bits per heavy atom. The van der Waals surface area contributed by atoms with Crippen molar-refractivity contribution in [2.24, 2.45) is 10.9 Å². The summed E-state index contributed by atoms with van der Waals surface area (Å²) in [5.74, 6) is 1.53. The Hall–Kier alpha value is -0.380. The number of thiophene rings is 1. The highest BCUT2D eigenvalue weighted by molar-refractivity contribution is 14.0. The Balaban J connectivity index is 0.00000288. The van der Waals surface area contributed by atoms with E-state index in [9.17, 15) is 0 Å². The second-order valence-corrected chi connectivity index (χ2v) is 7.22. The molecular weight excluding hydrogens is 437 g/mol. The molecule has 2 heterocycles. The van der Waals surface area contributed by atoms with Crippen LogP contribution in [0.3, 0.4) is 0 Å². The Morgan fingerprint density at radius 1 is 1.33 bits per heavy atom. The Kier molecular flexibility index (Phi) is 11.7. The summed E-state index contributed by atoms with van der Waals surface area (Å²) in [6, 6.07) is 4.30. The summed E-state index contributed by atoms with van der Waals surface area (Å²) in [5.41, 5.74) is 0. The van der Waals surface area contributed by atoms with Gasteiger partial charge in [-0.2, -0.15) is 0 Å². The van der Waals surface area contributed by atoms with E-state index in [-0.39, 0.29) is 24.0 Å². The molecule has 7 heteroatoms. The molecule has 0 bridgehead atoms. The lowest BCUT2D eigenvalue weighted by atomic mass is 10.0. The van der Waals surface area contributed by atoms with Crippen molar-refractivity contribution in [3.05, 3.63) is 21.9 Å². The zero-order valence-electron chi connectivity index (χ0n) is 14.7. The van der Waals surface area contributed by atoms with Crippen LogP contribution >= 0.6 is 35.3 Å². The molecule has 0 unspecified atom stereocenters. The lowest BCUT2D eigenvalue weighted by molar-refractivity contribution is 0.0203. The van der Waals surface area contributed by atoms with Crippen LogP contribution in [-0.2, 0) is 16.0 Å². The highest BCUT2D eigenvalue weighted by Crippen LogP contribution is 2.15. The molecule has 1 aliphatic heterocycles. The van der Waals surface area contributed by atoms with Gasteiger partial charge in [-0.25, -0.2) is 0 Å². The third-order valence-corrected chi connectivity index (χ3v) is 4.90. The average molecular weight is 467 g/mol. The molecular formula is C17H30IN3O2S. The van der Waals surface area contributed by atoms with Crippen LogP contribution < -0.4 is 10.6 Å². The molecule has 0 saturated carbocycles. The zero-order valence-corrected chi connectivity index (χ0v) is 17.8. The molecule has 0 spiro atoms. The normalized spacial score (nSPS) is 15.8. The van der Waals surface area contributed by atoms with Crippen molar-refractivity contribution < 1.29 is 9.47 Å². The second-order valence-electron chi connectivity index (χ2n) is 5.85. The standard InChI is InChI=1S/C17H29N3O2S.HI/c1-14-4-5-16(23-14)12-20-17(18-2)19-8-3-9-22-13-15-6-10-21-11-7-15;/h4-5,15H,3,6-13H2,1-2H3,(H2,18,19,20);1H. The molecule has 0 radical (unpaired) electrons. The van der Waals surface area contributed by atoms with E-state index in [1.165, 1.54) is 9.75 Å². The summed E-state index contributed by atoms with van der Waals surface area (Å²) in [7, 11) is 1.80. The highest BCUT2D eigenvalue weighted by Gasteiger charge is 2.13. The van der Waals surface area contributed by atoms with Gasteiger partial charge in [0.2, 0.25) is 0 Å².